The number of anilines is 2. The molecule has 0 spiro atoms. The van der Waals surface area contributed by atoms with E-state index >= 15 is 0 Å². The van der Waals surface area contributed by atoms with Crippen LogP contribution in [0.25, 0.3) is 61.6 Å². The molecule has 53 heavy (non-hydrogen) atoms. The molecule has 0 aliphatic rings. The lowest BCUT2D eigenvalue weighted by Gasteiger charge is -2.23. The number of fused-ring (bicyclic) bond motifs is 1. The van der Waals surface area contributed by atoms with Gasteiger partial charge in [-0.2, -0.15) is 0 Å². The summed E-state index contributed by atoms with van der Waals surface area (Å²) in [6, 6.07) is 62.4. The molecule has 0 amide bonds. The average Bonchev–Trinajstić information content (AvgIpc) is 3.24. The Morgan fingerprint density at radius 2 is 1.02 bits per heavy atom. The fraction of sp³-hybridized carbons (Fsp3) is 0. The second kappa shape index (κ2) is 15.4. The van der Waals surface area contributed by atoms with Crippen LogP contribution in [-0.2, 0) is 0 Å². The monoisotopic (exact) mass is 680 g/mol. The summed E-state index contributed by atoms with van der Waals surface area (Å²) < 4.78 is 0. The molecule has 0 unspecified atom stereocenters. The maximum absolute atomic E-state index is 5.17. The highest BCUT2D eigenvalue weighted by atomic mass is 15.1. The van der Waals surface area contributed by atoms with E-state index in [1.807, 2.05) is 60.7 Å². The Morgan fingerprint density at radius 1 is 0.472 bits per heavy atom. The predicted molar refractivity (Wildman–Crippen MR) is 221 cm³/mol. The average molecular weight is 681 g/mol. The fourth-order valence-corrected chi connectivity index (χ4v) is 6.44. The van der Waals surface area contributed by atoms with E-state index in [0.29, 0.717) is 17.5 Å². The fourth-order valence-electron chi connectivity index (χ4n) is 6.44. The number of hydrogen-bond acceptors (Lipinski definition) is 4. The Morgan fingerprint density at radius 3 is 1.75 bits per heavy atom. The van der Waals surface area contributed by atoms with Crippen LogP contribution in [0.5, 0.6) is 0 Å². The van der Waals surface area contributed by atoms with Gasteiger partial charge in [-0.3, -0.25) is 0 Å². The SMILES string of the molecule is C=C/C(=C\C=C\N(c1ccccc1)c1ccccc1-c1nc(-c2ccc(-c3ccccc3)cc2)nc(-c2ccc3ccccc3c2)n1)c1ccccc1. The molecule has 0 saturated heterocycles. The minimum atomic E-state index is 0.585. The highest BCUT2D eigenvalue weighted by Crippen LogP contribution is 2.36. The molecule has 7 aromatic carbocycles. The smallest absolute Gasteiger partial charge is 0.166 e. The molecule has 0 saturated carbocycles. The minimum Gasteiger partial charge on any atom is -0.316 e. The first-order valence-corrected chi connectivity index (χ1v) is 17.6. The molecule has 0 fully saturated rings. The highest BCUT2D eigenvalue weighted by Gasteiger charge is 2.18. The van der Waals surface area contributed by atoms with Crippen LogP contribution in [0.4, 0.5) is 11.4 Å². The van der Waals surface area contributed by atoms with E-state index in [1.165, 1.54) is 5.39 Å². The number of nitrogens with zero attached hydrogens (tertiary/aromatic N) is 4. The van der Waals surface area contributed by atoms with Crippen molar-refractivity contribution in [2.24, 2.45) is 0 Å². The first-order chi connectivity index (χ1) is 26.2. The maximum atomic E-state index is 5.17. The largest absolute Gasteiger partial charge is 0.316 e. The van der Waals surface area contributed by atoms with Crippen LogP contribution in [0.15, 0.2) is 213 Å². The van der Waals surface area contributed by atoms with Crippen molar-refractivity contribution in [3.63, 3.8) is 0 Å². The van der Waals surface area contributed by atoms with Gasteiger partial charge in [0.2, 0.25) is 0 Å². The Labute approximate surface area is 310 Å². The predicted octanol–water partition coefficient (Wildman–Crippen LogP) is 12.6. The molecule has 252 valence electrons. The summed E-state index contributed by atoms with van der Waals surface area (Å²) in [5.74, 6) is 1.80. The lowest BCUT2D eigenvalue weighted by molar-refractivity contribution is 1.07. The normalized spacial score (nSPS) is 11.5. The van der Waals surface area contributed by atoms with Gasteiger partial charge < -0.3 is 4.90 Å². The van der Waals surface area contributed by atoms with Crippen molar-refractivity contribution in [3.8, 4) is 45.3 Å². The van der Waals surface area contributed by atoms with Gasteiger partial charge in [0.15, 0.2) is 17.5 Å². The lowest BCUT2D eigenvalue weighted by atomic mass is 10.0. The quantitative estimate of drug-likeness (QED) is 0.135. The van der Waals surface area contributed by atoms with E-state index in [2.05, 4.69) is 157 Å². The number of aromatic nitrogens is 3. The number of allylic oxidation sites excluding steroid dienone is 4. The van der Waals surface area contributed by atoms with E-state index in [-0.39, 0.29) is 0 Å². The molecule has 0 atom stereocenters. The molecule has 0 aliphatic heterocycles. The second-order valence-electron chi connectivity index (χ2n) is 12.6. The lowest BCUT2D eigenvalue weighted by Crippen LogP contribution is -2.10. The number of benzene rings is 7. The van der Waals surface area contributed by atoms with Crippen molar-refractivity contribution in [1.29, 1.82) is 0 Å². The first kappa shape index (κ1) is 33.0. The van der Waals surface area contributed by atoms with E-state index < -0.39 is 0 Å². The third-order valence-electron chi connectivity index (χ3n) is 9.17. The number of para-hydroxylation sites is 2. The molecule has 1 heterocycles. The number of rotatable bonds is 10. The van der Waals surface area contributed by atoms with Crippen molar-refractivity contribution in [1.82, 2.24) is 15.0 Å². The molecule has 1 aromatic heterocycles. The van der Waals surface area contributed by atoms with Crippen LogP contribution >= 0.6 is 0 Å². The van der Waals surface area contributed by atoms with Gasteiger partial charge >= 0.3 is 0 Å². The van der Waals surface area contributed by atoms with Crippen LogP contribution in [0, 0.1) is 0 Å². The third kappa shape index (κ3) is 7.34. The van der Waals surface area contributed by atoms with Gasteiger partial charge in [-0.25, -0.2) is 15.0 Å². The van der Waals surface area contributed by atoms with E-state index in [0.717, 1.165) is 55.7 Å². The summed E-state index contributed by atoms with van der Waals surface area (Å²) in [6.45, 7) is 4.07. The van der Waals surface area contributed by atoms with Crippen LogP contribution in [0.1, 0.15) is 5.56 Å². The van der Waals surface area contributed by atoms with E-state index in [1.54, 1.807) is 0 Å². The molecular weight excluding hydrogens is 645 g/mol. The van der Waals surface area contributed by atoms with Gasteiger partial charge in [-0.1, -0.05) is 170 Å². The summed E-state index contributed by atoms with van der Waals surface area (Å²) in [5, 5.41) is 2.29. The molecule has 0 N–H and O–H groups in total. The standard InChI is InChI=1S/C49H36N4/c1-2-36(37-17-6-3-7-18-37)23-16-34-53(44-24-10-5-11-25-44)46-27-15-14-26-45(46)49-51-47(41-31-28-40(29-32-41)38-19-8-4-9-20-38)50-48(52-49)43-33-30-39-21-12-13-22-42(39)35-43/h2-35H,1H2/b34-16+,36-23+. The second-order valence-corrected chi connectivity index (χ2v) is 12.6. The van der Waals surface area contributed by atoms with Gasteiger partial charge in [0, 0.05) is 28.6 Å². The third-order valence-corrected chi connectivity index (χ3v) is 9.17. The summed E-state index contributed by atoms with van der Waals surface area (Å²) in [5.41, 5.74) is 9.09. The van der Waals surface area contributed by atoms with Crippen molar-refractivity contribution in [2.45, 2.75) is 0 Å². The van der Waals surface area contributed by atoms with Crippen LogP contribution < -0.4 is 4.90 Å². The Kier molecular flexibility index (Phi) is 9.58. The van der Waals surface area contributed by atoms with Gasteiger partial charge in [-0.15, -0.1) is 0 Å². The molecule has 0 bridgehead atoms. The molecule has 8 rings (SSSR count). The van der Waals surface area contributed by atoms with Gasteiger partial charge in [0.1, 0.15) is 0 Å². The summed E-state index contributed by atoms with van der Waals surface area (Å²) >= 11 is 0. The topological polar surface area (TPSA) is 41.9 Å². The summed E-state index contributed by atoms with van der Waals surface area (Å²) in [4.78, 5) is 17.6. The maximum Gasteiger partial charge on any atom is 0.166 e. The van der Waals surface area contributed by atoms with Crippen molar-refractivity contribution < 1.29 is 0 Å². The molecular formula is C49H36N4. The molecule has 0 radical (unpaired) electrons. The van der Waals surface area contributed by atoms with Crippen LogP contribution in [-0.4, -0.2) is 15.0 Å². The number of hydrogen-bond donors (Lipinski definition) is 0. The zero-order chi connectivity index (χ0) is 35.8. The Bertz CT molecular complexity index is 2560. The van der Waals surface area contributed by atoms with Crippen molar-refractivity contribution in [3.05, 3.63) is 219 Å². The zero-order valence-corrected chi connectivity index (χ0v) is 29.1. The van der Waals surface area contributed by atoms with Gasteiger partial charge in [0.05, 0.1) is 5.69 Å². The van der Waals surface area contributed by atoms with Gasteiger partial charge in [0.25, 0.3) is 0 Å². The Hall–Kier alpha value is -7.17. The molecule has 4 heteroatoms. The summed E-state index contributed by atoms with van der Waals surface area (Å²) in [6.07, 6.45) is 8.10. The van der Waals surface area contributed by atoms with E-state index in [4.69, 9.17) is 15.0 Å². The Balaban J connectivity index is 1.26. The highest BCUT2D eigenvalue weighted by molar-refractivity contribution is 5.87. The molecule has 8 aromatic rings. The van der Waals surface area contributed by atoms with Crippen LogP contribution in [0.3, 0.4) is 0 Å². The molecule has 0 aliphatic carbocycles. The van der Waals surface area contributed by atoms with Crippen LogP contribution in [0.2, 0.25) is 0 Å². The first-order valence-electron chi connectivity index (χ1n) is 17.6. The van der Waals surface area contributed by atoms with Crippen molar-refractivity contribution in [2.75, 3.05) is 4.90 Å². The molecule has 4 nitrogen and oxygen atoms in total. The zero-order valence-electron chi connectivity index (χ0n) is 29.1. The minimum absolute atomic E-state index is 0.585. The van der Waals surface area contributed by atoms with Crippen molar-refractivity contribution >= 4 is 27.7 Å². The van der Waals surface area contributed by atoms with Gasteiger partial charge in [-0.05, 0) is 69.4 Å². The summed E-state index contributed by atoms with van der Waals surface area (Å²) in [7, 11) is 0. The van der Waals surface area contributed by atoms with E-state index in [9.17, 15) is 0 Å².